The van der Waals surface area contributed by atoms with Crippen LogP contribution in [0, 0.1) is 0 Å². The van der Waals surface area contributed by atoms with Crippen LogP contribution in [0.15, 0.2) is 18.3 Å². The van der Waals surface area contributed by atoms with Crippen LogP contribution in [-0.4, -0.2) is 29.1 Å². The highest BCUT2D eigenvalue weighted by molar-refractivity contribution is 7.20. The number of rotatable bonds is 2. The maximum atomic E-state index is 6.18. The Labute approximate surface area is 131 Å². The van der Waals surface area contributed by atoms with Crippen molar-refractivity contribution in [2.45, 2.75) is 18.9 Å². The predicted molar refractivity (Wildman–Crippen MR) is 84.8 cm³/mol. The minimum atomic E-state index is 0.190. The van der Waals surface area contributed by atoms with E-state index in [9.17, 15) is 0 Å². The molecule has 2 aromatic rings. The van der Waals surface area contributed by atoms with Crippen LogP contribution in [0.2, 0.25) is 8.67 Å². The normalized spacial score (nSPS) is 19.4. The maximum Gasteiger partial charge on any atom is 0.225 e. The van der Waals surface area contributed by atoms with E-state index in [-0.39, 0.29) is 6.04 Å². The van der Waals surface area contributed by atoms with E-state index in [4.69, 9.17) is 28.9 Å². The van der Waals surface area contributed by atoms with Crippen molar-refractivity contribution in [3.63, 3.8) is 0 Å². The Morgan fingerprint density at radius 1 is 1.40 bits per heavy atom. The van der Waals surface area contributed by atoms with Crippen molar-refractivity contribution in [2.75, 3.05) is 18.0 Å². The zero-order valence-electron chi connectivity index (χ0n) is 10.7. The van der Waals surface area contributed by atoms with E-state index in [0.29, 0.717) is 14.6 Å². The van der Waals surface area contributed by atoms with E-state index < -0.39 is 0 Å². The van der Waals surface area contributed by atoms with Crippen molar-refractivity contribution in [3.8, 4) is 11.3 Å². The third-order valence-electron chi connectivity index (χ3n) is 3.32. The maximum absolute atomic E-state index is 6.18. The Morgan fingerprint density at radius 3 is 2.95 bits per heavy atom. The van der Waals surface area contributed by atoms with Crippen LogP contribution in [0.25, 0.3) is 11.3 Å². The molecule has 1 aliphatic rings. The number of piperidine rings is 1. The molecule has 1 fully saturated rings. The number of hydrogen-bond donors (Lipinski definition) is 1. The number of aromatic nitrogens is 2. The first kappa shape index (κ1) is 14.1. The molecule has 0 bridgehead atoms. The van der Waals surface area contributed by atoms with Gasteiger partial charge in [0.2, 0.25) is 5.95 Å². The molecule has 4 nitrogen and oxygen atoms in total. The summed E-state index contributed by atoms with van der Waals surface area (Å²) in [4.78, 5) is 11.1. The molecule has 7 heteroatoms. The summed E-state index contributed by atoms with van der Waals surface area (Å²) in [5, 5.41) is 0. The van der Waals surface area contributed by atoms with Gasteiger partial charge < -0.3 is 10.6 Å². The van der Waals surface area contributed by atoms with Gasteiger partial charge in [0.05, 0.1) is 10.0 Å². The highest BCUT2D eigenvalue weighted by Crippen LogP contribution is 2.37. The first-order valence-electron chi connectivity index (χ1n) is 6.42. The molecular formula is C13H14Cl2N4S. The fraction of sp³-hybridized carbons (Fsp3) is 0.385. The molecule has 1 atom stereocenters. The van der Waals surface area contributed by atoms with Crippen LogP contribution in [-0.2, 0) is 0 Å². The molecule has 3 heterocycles. The Morgan fingerprint density at radius 2 is 2.25 bits per heavy atom. The van der Waals surface area contributed by atoms with Gasteiger partial charge in [-0.05, 0) is 25.0 Å². The van der Waals surface area contributed by atoms with Crippen LogP contribution in [0.5, 0.6) is 0 Å². The van der Waals surface area contributed by atoms with E-state index in [1.807, 2.05) is 12.1 Å². The molecule has 2 N–H and O–H groups in total. The molecule has 0 amide bonds. The van der Waals surface area contributed by atoms with Crippen molar-refractivity contribution < 1.29 is 0 Å². The van der Waals surface area contributed by atoms with Gasteiger partial charge in [-0.3, -0.25) is 0 Å². The lowest BCUT2D eigenvalue weighted by Gasteiger charge is -2.30. The summed E-state index contributed by atoms with van der Waals surface area (Å²) in [5.41, 5.74) is 7.65. The largest absolute Gasteiger partial charge is 0.339 e. The first-order valence-corrected chi connectivity index (χ1v) is 7.99. The minimum Gasteiger partial charge on any atom is -0.339 e. The first-order chi connectivity index (χ1) is 9.63. The Kier molecular flexibility index (Phi) is 4.12. The van der Waals surface area contributed by atoms with E-state index >= 15 is 0 Å². The molecule has 0 saturated carbocycles. The Hall–Kier alpha value is -0.880. The summed E-state index contributed by atoms with van der Waals surface area (Å²) in [6.45, 7) is 1.73. The lowest BCUT2D eigenvalue weighted by atomic mass is 10.1. The average molecular weight is 329 g/mol. The number of anilines is 1. The van der Waals surface area contributed by atoms with E-state index in [1.54, 1.807) is 6.20 Å². The van der Waals surface area contributed by atoms with Gasteiger partial charge in [0, 0.05) is 30.9 Å². The highest BCUT2D eigenvalue weighted by Gasteiger charge is 2.19. The third-order valence-corrected chi connectivity index (χ3v) is 4.80. The molecule has 0 aliphatic carbocycles. The van der Waals surface area contributed by atoms with E-state index in [2.05, 4.69) is 14.9 Å². The molecule has 0 radical (unpaired) electrons. The summed E-state index contributed by atoms with van der Waals surface area (Å²) >= 11 is 13.5. The van der Waals surface area contributed by atoms with Crippen LogP contribution in [0.3, 0.4) is 0 Å². The second-order valence-electron chi connectivity index (χ2n) is 4.83. The van der Waals surface area contributed by atoms with Gasteiger partial charge in [-0.15, -0.1) is 11.3 Å². The molecule has 3 rings (SSSR count). The second-order valence-corrected chi connectivity index (χ2v) is 7.11. The number of thiophene rings is 1. The topological polar surface area (TPSA) is 55.0 Å². The number of halogens is 2. The SMILES string of the molecule is NC1CCCN(c2nccc(-c3cc(Cl)sc3Cl)n2)C1. The van der Waals surface area contributed by atoms with Crippen LogP contribution in [0.1, 0.15) is 12.8 Å². The van der Waals surface area contributed by atoms with Crippen molar-refractivity contribution in [1.29, 1.82) is 0 Å². The van der Waals surface area contributed by atoms with Gasteiger partial charge in [0.1, 0.15) is 4.34 Å². The highest BCUT2D eigenvalue weighted by atomic mass is 35.5. The van der Waals surface area contributed by atoms with Gasteiger partial charge in [-0.2, -0.15) is 0 Å². The monoisotopic (exact) mass is 328 g/mol. The fourth-order valence-electron chi connectivity index (χ4n) is 2.36. The summed E-state index contributed by atoms with van der Waals surface area (Å²) in [5.74, 6) is 0.705. The molecule has 1 saturated heterocycles. The lowest BCUT2D eigenvalue weighted by Crippen LogP contribution is -2.43. The van der Waals surface area contributed by atoms with Gasteiger partial charge in [-0.1, -0.05) is 23.2 Å². The Bertz CT molecular complexity index is 616. The molecule has 1 unspecified atom stereocenters. The number of nitrogens with two attached hydrogens (primary N) is 1. The second kappa shape index (κ2) is 5.85. The summed E-state index contributed by atoms with van der Waals surface area (Å²) in [7, 11) is 0. The molecule has 1 aliphatic heterocycles. The average Bonchev–Trinajstić information content (AvgIpc) is 2.78. The molecule has 0 spiro atoms. The fourth-order valence-corrected chi connectivity index (χ4v) is 3.84. The van der Waals surface area contributed by atoms with Gasteiger partial charge >= 0.3 is 0 Å². The van der Waals surface area contributed by atoms with Gasteiger partial charge in [0.25, 0.3) is 0 Å². The smallest absolute Gasteiger partial charge is 0.225 e. The zero-order chi connectivity index (χ0) is 14.1. The molecule has 2 aromatic heterocycles. The zero-order valence-corrected chi connectivity index (χ0v) is 13.0. The number of hydrogen-bond acceptors (Lipinski definition) is 5. The molecule has 0 aromatic carbocycles. The van der Waals surface area contributed by atoms with Crippen LogP contribution in [0.4, 0.5) is 5.95 Å². The molecular weight excluding hydrogens is 315 g/mol. The lowest BCUT2D eigenvalue weighted by molar-refractivity contribution is 0.500. The summed E-state index contributed by atoms with van der Waals surface area (Å²) in [6.07, 6.45) is 3.88. The van der Waals surface area contributed by atoms with E-state index in [1.165, 1.54) is 11.3 Å². The number of nitrogens with zero attached hydrogens (tertiary/aromatic N) is 3. The molecule has 106 valence electrons. The minimum absolute atomic E-state index is 0.190. The Balaban J connectivity index is 1.91. The van der Waals surface area contributed by atoms with Crippen LogP contribution >= 0.6 is 34.5 Å². The van der Waals surface area contributed by atoms with Crippen LogP contribution < -0.4 is 10.6 Å². The van der Waals surface area contributed by atoms with Crippen molar-refractivity contribution in [1.82, 2.24) is 9.97 Å². The van der Waals surface area contributed by atoms with Crippen molar-refractivity contribution >= 4 is 40.5 Å². The summed E-state index contributed by atoms with van der Waals surface area (Å²) in [6, 6.07) is 3.87. The molecule has 20 heavy (non-hydrogen) atoms. The van der Waals surface area contributed by atoms with Gasteiger partial charge in [0.15, 0.2) is 0 Å². The quantitative estimate of drug-likeness (QED) is 0.917. The van der Waals surface area contributed by atoms with Crippen molar-refractivity contribution in [2.24, 2.45) is 5.73 Å². The van der Waals surface area contributed by atoms with Crippen molar-refractivity contribution in [3.05, 3.63) is 27.0 Å². The van der Waals surface area contributed by atoms with Gasteiger partial charge in [-0.25, -0.2) is 9.97 Å². The van der Waals surface area contributed by atoms with E-state index in [0.717, 1.165) is 37.2 Å². The third kappa shape index (κ3) is 2.91. The standard InChI is InChI=1S/C13H14Cl2N4S/c14-11-6-9(12(15)20-11)10-3-4-17-13(18-10)19-5-1-2-8(16)7-19/h3-4,6,8H,1-2,5,7,16H2. The predicted octanol–water partition coefficient (Wildman–Crippen LogP) is 3.44. The summed E-state index contributed by atoms with van der Waals surface area (Å²) < 4.78 is 1.31.